The molecule has 118 valence electrons. The van der Waals surface area contributed by atoms with Crippen molar-refractivity contribution in [1.29, 1.82) is 0 Å². The number of aryl methyl sites for hydroxylation is 1. The summed E-state index contributed by atoms with van der Waals surface area (Å²) in [5, 5.41) is 10.4. The highest BCUT2D eigenvalue weighted by Crippen LogP contribution is 2.36. The average Bonchev–Trinajstić information content (AvgIpc) is 2.83. The molecule has 1 amide bonds. The van der Waals surface area contributed by atoms with E-state index in [0.29, 0.717) is 4.34 Å². The van der Waals surface area contributed by atoms with E-state index in [1.54, 1.807) is 6.92 Å². The lowest BCUT2D eigenvalue weighted by atomic mass is 10.2. The van der Waals surface area contributed by atoms with Crippen molar-refractivity contribution in [3.63, 3.8) is 0 Å². The lowest BCUT2D eigenvalue weighted by molar-refractivity contribution is -0.137. The Morgan fingerprint density at radius 3 is 2.73 bits per heavy atom. The number of thioether (sulfide) groups is 1. The highest BCUT2D eigenvalue weighted by molar-refractivity contribution is 8.01. The zero-order valence-electron chi connectivity index (χ0n) is 11.1. The van der Waals surface area contributed by atoms with Crippen LogP contribution < -0.4 is 5.32 Å². The summed E-state index contributed by atoms with van der Waals surface area (Å²) in [6.07, 6.45) is -4.57. The van der Waals surface area contributed by atoms with Crippen LogP contribution in [0.5, 0.6) is 0 Å². The smallest absolute Gasteiger partial charge is 0.325 e. The quantitative estimate of drug-likeness (QED) is 0.821. The van der Waals surface area contributed by atoms with E-state index < -0.39 is 22.7 Å². The number of alkyl halides is 3. The predicted molar refractivity (Wildman–Crippen MR) is 80.5 cm³/mol. The number of nitrogens with one attached hydrogen (secondary N) is 1. The molecular formula is C12H9ClF3N3OS2. The van der Waals surface area contributed by atoms with E-state index in [-0.39, 0.29) is 11.4 Å². The molecule has 0 aliphatic heterocycles. The number of anilines is 1. The summed E-state index contributed by atoms with van der Waals surface area (Å²) in [4.78, 5) is 11.7. The van der Waals surface area contributed by atoms with Gasteiger partial charge < -0.3 is 5.32 Å². The van der Waals surface area contributed by atoms with Crippen molar-refractivity contribution in [2.45, 2.75) is 17.4 Å². The number of halogens is 4. The number of rotatable bonds is 4. The molecule has 1 aromatic heterocycles. The number of hydrogen-bond donors (Lipinski definition) is 1. The van der Waals surface area contributed by atoms with Crippen LogP contribution in [0.1, 0.15) is 10.6 Å². The number of nitrogens with zero attached hydrogens (tertiary/aromatic N) is 2. The molecule has 1 aromatic carbocycles. The maximum atomic E-state index is 12.7. The van der Waals surface area contributed by atoms with Crippen molar-refractivity contribution >= 4 is 46.3 Å². The van der Waals surface area contributed by atoms with Crippen molar-refractivity contribution in [2.75, 3.05) is 11.1 Å². The average molecular weight is 368 g/mol. The van der Waals surface area contributed by atoms with E-state index >= 15 is 0 Å². The van der Waals surface area contributed by atoms with Crippen molar-refractivity contribution in [2.24, 2.45) is 0 Å². The Balaban J connectivity index is 1.99. The van der Waals surface area contributed by atoms with Gasteiger partial charge in [0.1, 0.15) is 5.01 Å². The lowest BCUT2D eigenvalue weighted by Gasteiger charge is -2.11. The molecule has 0 radical (unpaired) electrons. The second-order valence-electron chi connectivity index (χ2n) is 4.12. The number of carbonyl (C=O) groups excluding carboxylic acids is 1. The second kappa shape index (κ2) is 6.84. The van der Waals surface area contributed by atoms with Gasteiger partial charge in [-0.05, 0) is 25.1 Å². The van der Waals surface area contributed by atoms with Crippen LogP contribution in [-0.4, -0.2) is 21.9 Å². The normalized spacial score (nSPS) is 11.5. The van der Waals surface area contributed by atoms with E-state index in [0.717, 1.165) is 17.1 Å². The monoisotopic (exact) mass is 367 g/mol. The molecule has 0 atom stereocenters. The molecule has 0 saturated carbocycles. The Morgan fingerprint density at radius 1 is 1.41 bits per heavy atom. The van der Waals surface area contributed by atoms with Gasteiger partial charge in [-0.1, -0.05) is 34.7 Å². The van der Waals surface area contributed by atoms with Gasteiger partial charge in [-0.3, -0.25) is 4.79 Å². The van der Waals surface area contributed by atoms with Gasteiger partial charge >= 0.3 is 6.18 Å². The summed E-state index contributed by atoms with van der Waals surface area (Å²) in [6.45, 7) is 1.79. The highest BCUT2D eigenvalue weighted by atomic mass is 35.5. The Bertz CT molecular complexity index is 690. The predicted octanol–water partition coefficient (Wildman–Crippen LogP) is 4.25. The molecule has 0 fully saturated rings. The maximum absolute atomic E-state index is 12.7. The van der Waals surface area contributed by atoms with Gasteiger partial charge in [-0.2, -0.15) is 13.2 Å². The summed E-state index contributed by atoms with van der Waals surface area (Å²) >= 11 is 8.01. The third-order valence-corrected chi connectivity index (χ3v) is 4.69. The molecule has 0 aliphatic rings. The van der Waals surface area contributed by atoms with Crippen LogP contribution >= 0.6 is 34.7 Å². The fourth-order valence-electron chi connectivity index (χ4n) is 1.48. The lowest BCUT2D eigenvalue weighted by Crippen LogP contribution is -2.15. The molecule has 0 bridgehead atoms. The zero-order valence-corrected chi connectivity index (χ0v) is 13.5. The van der Waals surface area contributed by atoms with E-state index in [2.05, 4.69) is 15.5 Å². The largest absolute Gasteiger partial charge is 0.417 e. The summed E-state index contributed by atoms with van der Waals surface area (Å²) in [5.74, 6) is -0.410. The minimum Gasteiger partial charge on any atom is -0.325 e. The fourth-order valence-corrected chi connectivity index (χ4v) is 3.32. The van der Waals surface area contributed by atoms with Crippen molar-refractivity contribution in [1.82, 2.24) is 10.2 Å². The molecule has 2 aromatic rings. The van der Waals surface area contributed by atoms with Gasteiger partial charge in [0.05, 0.1) is 16.3 Å². The van der Waals surface area contributed by atoms with E-state index in [4.69, 9.17) is 11.6 Å². The van der Waals surface area contributed by atoms with Crippen LogP contribution in [0.25, 0.3) is 0 Å². The van der Waals surface area contributed by atoms with Crippen LogP contribution in [0.15, 0.2) is 22.5 Å². The van der Waals surface area contributed by atoms with Crippen LogP contribution in [-0.2, 0) is 11.0 Å². The van der Waals surface area contributed by atoms with Gasteiger partial charge in [0.2, 0.25) is 5.91 Å². The molecule has 10 heteroatoms. The van der Waals surface area contributed by atoms with Crippen molar-refractivity contribution < 1.29 is 18.0 Å². The summed E-state index contributed by atoms with van der Waals surface area (Å²) in [7, 11) is 0. The number of carbonyl (C=O) groups is 1. The Labute approximate surface area is 137 Å². The van der Waals surface area contributed by atoms with E-state index in [1.807, 2.05) is 0 Å². The van der Waals surface area contributed by atoms with Crippen LogP contribution in [0.2, 0.25) is 5.02 Å². The molecule has 22 heavy (non-hydrogen) atoms. The third-order valence-electron chi connectivity index (χ3n) is 2.39. The molecule has 1 heterocycles. The molecule has 1 N–H and O–H groups in total. The molecule has 2 rings (SSSR count). The molecular weight excluding hydrogens is 359 g/mol. The first-order valence-electron chi connectivity index (χ1n) is 5.85. The standard InChI is InChI=1S/C12H9ClF3N3OS2/c1-6-18-19-11(22-6)21-5-10(20)17-7-2-3-9(13)8(4-7)12(14,15)16/h2-4H,5H2,1H3,(H,17,20). The fraction of sp³-hybridized carbons (Fsp3) is 0.250. The first kappa shape index (κ1) is 17.0. The van der Waals surface area contributed by atoms with E-state index in [1.165, 1.54) is 29.2 Å². The topological polar surface area (TPSA) is 54.9 Å². The molecule has 0 saturated heterocycles. The third kappa shape index (κ3) is 4.59. The molecule has 0 aliphatic carbocycles. The Kier molecular flexibility index (Phi) is 5.30. The van der Waals surface area contributed by atoms with Crippen LogP contribution in [0.3, 0.4) is 0 Å². The van der Waals surface area contributed by atoms with Crippen LogP contribution in [0.4, 0.5) is 18.9 Å². The second-order valence-corrected chi connectivity index (χ2v) is 6.93. The first-order chi connectivity index (χ1) is 10.3. The number of amides is 1. The summed E-state index contributed by atoms with van der Waals surface area (Å²) in [5.41, 5.74) is -0.949. The molecule has 0 spiro atoms. The highest BCUT2D eigenvalue weighted by Gasteiger charge is 2.33. The van der Waals surface area contributed by atoms with Gasteiger partial charge in [0.25, 0.3) is 0 Å². The molecule has 4 nitrogen and oxygen atoms in total. The minimum absolute atomic E-state index is 0.0264. The van der Waals surface area contributed by atoms with Crippen molar-refractivity contribution in [3.8, 4) is 0 Å². The number of benzene rings is 1. The molecule has 0 unspecified atom stereocenters. The number of hydrogen-bond acceptors (Lipinski definition) is 5. The van der Waals surface area contributed by atoms with Gasteiger partial charge in [-0.25, -0.2) is 0 Å². The van der Waals surface area contributed by atoms with Gasteiger partial charge in [0.15, 0.2) is 4.34 Å². The Morgan fingerprint density at radius 2 is 2.14 bits per heavy atom. The number of aromatic nitrogens is 2. The Hall–Kier alpha value is -1.32. The summed E-state index contributed by atoms with van der Waals surface area (Å²) < 4.78 is 38.8. The minimum atomic E-state index is -4.57. The zero-order chi connectivity index (χ0) is 16.3. The summed E-state index contributed by atoms with van der Waals surface area (Å²) in [6, 6.07) is 3.22. The first-order valence-corrected chi connectivity index (χ1v) is 8.03. The van der Waals surface area contributed by atoms with Gasteiger partial charge in [-0.15, -0.1) is 10.2 Å². The SMILES string of the molecule is Cc1nnc(SCC(=O)Nc2ccc(Cl)c(C(F)(F)F)c2)s1. The maximum Gasteiger partial charge on any atom is 0.417 e. The van der Waals surface area contributed by atoms with Gasteiger partial charge in [0, 0.05) is 5.69 Å². The van der Waals surface area contributed by atoms with E-state index in [9.17, 15) is 18.0 Å². The van der Waals surface area contributed by atoms with Crippen molar-refractivity contribution in [3.05, 3.63) is 33.8 Å². The van der Waals surface area contributed by atoms with Crippen LogP contribution in [0, 0.1) is 6.92 Å².